The summed E-state index contributed by atoms with van der Waals surface area (Å²) < 4.78 is 26.7. The van der Waals surface area contributed by atoms with E-state index in [4.69, 9.17) is 5.26 Å². The van der Waals surface area contributed by atoms with E-state index in [0.717, 1.165) is 6.42 Å². The van der Waals surface area contributed by atoms with Gasteiger partial charge in [-0.15, -0.1) is 0 Å². The highest BCUT2D eigenvalue weighted by molar-refractivity contribution is 7.89. The van der Waals surface area contributed by atoms with Gasteiger partial charge in [0.2, 0.25) is 15.9 Å². The molecule has 0 radical (unpaired) electrons. The molecule has 1 amide bonds. The van der Waals surface area contributed by atoms with Gasteiger partial charge in [0, 0.05) is 6.54 Å². The SMILES string of the molecule is N#Cc1ccccc1S(=O)(=O)NC1CCCNC1=O. The molecule has 1 unspecified atom stereocenters. The molecular weight excluding hydrogens is 266 g/mol. The number of hydrogen-bond donors (Lipinski definition) is 2. The number of carbonyl (C=O) groups excluding carboxylic acids is 1. The van der Waals surface area contributed by atoms with Gasteiger partial charge in [-0.25, -0.2) is 8.42 Å². The number of nitrogens with one attached hydrogen (secondary N) is 2. The lowest BCUT2D eigenvalue weighted by molar-refractivity contribution is -0.124. The molecule has 1 aliphatic rings. The third-order valence-corrected chi connectivity index (χ3v) is 4.41. The Bertz CT molecular complexity index is 634. The van der Waals surface area contributed by atoms with Crippen LogP contribution in [0.2, 0.25) is 0 Å². The minimum atomic E-state index is -3.87. The zero-order valence-electron chi connectivity index (χ0n) is 10.1. The molecule has 0 aliphatic carbocycles. The van der Waals surface area contributed by atoms with Crippen LogP contribution in [0.4, 0.5) is 0 Å². The molecule has 1 saturated heterocycles. The smallest absolute Gasteiger partial charge is 0.242 e. The van der Waals surface area contributed by atoms with E-state index in [-0.39, 0.29) is 16.4 Å². The highest BCUT2D eigenvalue weighted by Gasteiger charge is 2.28. The van der Waals surface area contributed by atoms with Crippen LogP contribution < -0.4 is 10.0 Å². The number of amides is 1. The van der Waals surface area contributed by atoms with Crippen LogP contribution in [0.15, 0.2) is 29.2 Å². The average molecular weight is 279 g/mol. The molecular formula is C12H13N3O3S. The number of nitriles is 1. The molecule has 1 aliphatic heterocycles. The summed E-state index contributed by atoms with van der Waals surface area (Å²) in [5, 5.41) is 11.5. The first-order valence-corrected chi connectivity index (χ1v) is 7.32. The number of nitrogens with zero attached hydrogens (tertiary/aromatic N) is 1. The summed E-state index contributed by atoms with van der Waals surface area (Å²) in [4.78, 5) is 11.5. The van der Waals surface area contributed by atoms with Crippen molar-refractivity contribution in [2.75, 3.05) is 6.54 Å². The van der Waals surface area contributed by atoms with E-state index in [9.17, 15) is 13.2 Å². The number of rotatable bonds is 3. The van der Waals surface area contributed by atoms with E-state index >= 15 is 0 Å². The predicted octanol–water partition coefficient (Wildman–Crippen LogP) is 0.115. The molecule has 1 aromatic rings. The van der Waals surface area contributed by atoms with Crippen LogP contribution in [0.1, 0.15) is 18.4 Å². The van der Waals surface area contributed by atoms with Gasteiger partial charge in [-0.3, -0.25) is 4.79 Å². The molecule has 100 valence electrons. The molecule has 1 fully saturated rings. The van der Waals surface area contributed by atoms with Gasteiger partial charge in [0.15, 0.2) is 0 Å². The molecule has 0 spiro atoms. The van der Waals surface area contributed by atoms with E-state index in [1.807, 2.05) is 6.07 Å². The maximum absolute atomic E-state index is 12.2. The van der Waals surface area contributed by atoms with Gasteiger partial charge < -0.3 is 5.32 Å². The van der Waals surface area contributed by atoms with Crippen molar-refractivity contribution in [3.8, 4) is 6.07 Å². The van der Waals surface area contributed by atoms with Crippen LogP contribution in [0.3, 0.4) is 0 Å². The summed E-state index contributed by atoms with van der Waals surface area (Å²) in [6, 6.07) is 6.96. The maximum atomic E-state index is 12.2. The van der Waals surface area contributed by atoms with Crippen LogP contribution in [0, 0.1) is 11.3 Å². The fourth-order valence-corrected chi connectivity index (χ4v) is 3.32. The Morgan fingerprint density at radius 2 is 2.11 bits per heavy atom. The summed E-state index contributed by atoms with van der Waals surface area (Å²) in [6.07, 6.45) is 1.18. The molecule has 7 heteroatoms. The van der Waals surface area contributed by atoms with E-state index in [1.165, 1.54) is 18.2 Å². The van der Waals surface area contributed by atoms with Crippen LogP contribution in [0.25, 0.3) is 0 Å². The van der Waals surface area contributed by atoms with Crippen molar-refractivity contribution in [1.29, 1.82) is 5.26 Å². The predicted molar refractivity (Wildman–Crippen MR) is 67.5 cm³/mol. The molecule has 1 aromatic carbocycles. The minimum Gasteiger partial charge on any atom is -0.355 e. The standard InChI is InChI=1S/C12H13N3O3S/c13-8-9-4-1-2-6-11(9)19(17,18)15-10-5-3-7-14-12(10)16/h1-2,4,6,10,15H,3,5,7H2,(H,14,16). The molecule has 2 N–H and O–H groups in total. The van der Waals surface area contributed by atoms with Gasteiger partial charge in [0.1, 0.15) is 12.1 Å². The number of piperidine rings is 1. The van der Waals surface area contributed by atoms with Gasteiger partial charge in [-0.1, -0.05) is 12.1 Å². The summed E-state index contributed by atoms with van der Waals surface area (Å²) in [7, 11) is -3.87. The third kappa shape index (κ3) is 2.92. The van der Waals surface area contributed by atoms with Gasteiger partial charge in [-0.2, -0.15) is 9.98 Å². The van der Waals surface area contributed by atoms with Crippen molar-refractivity contribution in [3.63, 3.8) is 0 Å². The van der Waals surface area contributed by atoms with Crippen molar-refractivity contribution >= 4 is 15.9 Å². The quantitative estimate of drug-likeness (QED) is 0.820. The third-order valence-electron chi connectivity index (χ3n) is 2.88. The van der Waals surface area contributed by atoms with E-state index < -0.39 is 16.1 Å². The van der Waals surface area contributed by atoms with Gasteiger partial charge in [0.25, 0.3) is 0 Å². The van der Waals surface area contributed by atoms with Crippen molar-refractivity contribution in [2.45, 2.75) is 23.8 Å². The molecule has 0 bridgehead atoms. The van der Waals surface area contributed by atoms with Crippen LogP contribution in [-0.4, -0.2) is 26.9 Å². The van der Waals surface area contributed by atoms with Crippen molar-refractivity contribution in [1.82, 2.24) is 10.0 Å². The van der Waals surface area contributed by atoms with Crippen molar-refractivity contribution in [2.24, 2.45) is 0 Å². The first kappa shape index (κ1) is 13.5. The van der Waals surface area contributed by atoms with Crippen molar-refractivity contribution in [3.05, 3.63) is 29.8 Å². The lowest BCUT2D eigenvalue weighted by Gasteiger charge is -2.22. The molecule has 1 atom stereocenters. The van der Waals surface area contributed by atoms with Gasteiger partial charge in [0.05, 0.1) is 10.5 Å². The lowest BCUT2D eigenvalue weighted by atomic mass is 10.1. The first-order valence-electron chi connectivity index (χ1n) is 5.84. The summed E-state index contributed by atoms with van der Waals surface area (Å²) >= 11 is 0. The van der Waals surface area contributed by atoms with E-state index in [1.54, 1.807) is 6.07 Å². The van der Waals surface area contributed by atoms with E-state index in [0.29, 0.717) is 13.0 Å². The zero-order valence-corrected chi connectivity index (χ0v) is 10.9. The Kier molecular flexibility index (Phi) is 3.83. The molecule has 0 saturated carbocycles. The van der Waals surface area contributed by atoms with Crippen LogP contribution in [-0.2, 0) is 14.8 Å². The molecule has 1 heterocycles. The first-order chi connectivity index (χ1) is 9.04. The van der Waals surface area contributed by atoms with Crippen LogP contribution >= 0.6 is 0 Å². The normalized spacial score (nSPS) is 19.5. The largest absolute Gasteiger partial charge is 0.355 e. The Hall–Kier alpha value is -1.91. The topological polar surface area (TPSA) is 99.1 Å². The second-order valence-corrected chi connectivity index (χ2v) is 5.90. The Labute approximate surface area is 111 Å². The monoisotopic (exact) mass is 279 g/mol. The summed E-state index contributed by atoms with van der Waals surface area (Å²) in [5.74, 6) is -0.329. The Morgan fingerprint density at radius 1 is 1.37 bits per heavy atom. The fraction of sp³-hybridized carbons (Fsp3) is 0.333. The fourth-order valence-electron chi connectivity index (χ4n) is 1.93. The lowest BCUT2D eigenvalue weighted by Crippen LogP contribution is -2.50. The van der Waals surface area contributed by atoms with Crippen molar-refractivity contribution < 1.29 is 13.2 Å². The molecule has 2 rings (SSSR count). The number of carbonyl (C=O) groups is 1. The van der Waals surface area contributed by atoms with Gasteiger partial charge >= 0.3 is 0 Å². The average Bonchev–Trinajstić information content (AvgIpc) is 2.41. The summed E-state index contributed by atoms with van der Waals surface area (Å²) in [6.45, 7) is 0.561. The molecule has 19 heavy (non-hydrogen) atoms. The Morgan fingerprint density at radius 3 is 2.79 bits per heavy atom. The molecule has 6 nitrogen and oxygen atoms in total. The zero-order chi connectivity index (χ0) is 13.9. The number of hydrogen-bond acceptors (Lipinski definition) is 4. The summed E-state index contributed by atoms with van der Waals surface area (Å²) in [5.41, 5.74) is 0.0613. The number of sulfonamides is 1. The second kappa shape index (κ2) is 5.38. The number of benzene rings is 1. The second-order valence-electron chi connectivity index (χ2n) is 4.22. The van der Waals surface area contributed by atoms with Crippen LogP contribution in [0.5, 0.6) is 0 Å². The highest BCUT2D eigenvalue weighted by atomic mass is 32.2. The Balaban J connectivity index is 2.28. The highest BCUT2D eigenvalue weighted by Crippen LogP contribution is 2.16. The maximum Gasteiger partial charge on any atom is 0.242 e. The molecule has 0 aromatic heterocycles. The van der Waals surface area contributed by atoms with Gasteiger partial charge in [-0.05, 0) is 25.0 Å². The minimum absolute atomic E-state index is 0.0613. The van der Waals surface area contributed by atoms with E-state index in [2.05, 4.69) is 10.0 Å².